The van der Waals surface area contributed by atoms with E-state index in [0.717, 1.165) is 37.8 Å². The summed E-state index contributed by atoms with van der Waals surface area (Å²) in [7, 11) is 0. The third-order valence-corrected chi connectivity index (χ3v) is 4.04. The molecule has 0 saturated heterocycles. The highest BCUT2D eigenvalue weighted by Gasteiger charge is 2.34. The number of alkyl halides is 3. The van der Waals surface area contributed by atoms with Crippen LogP contribution in [0.2, 0.25) is 0 Å². The van der Waals surface area contributed by atoms with E-state index in [1.54, 1.807) is 0 Å². The smallest absolute Gasteiger partial charge is 0.324 e. The third-order valence-electron chi connectivity index (χ3n) is 4.04. The van der Waals surface area contributed by atoms with Gasteiger partial charge in [-0.05, 0) is 30.0 Å². The van der Waals surface area contributed by atoms with Crippen LogP contribution in [0.1, 0.15) is 55.7 Å². The zero-order valence-corrected chi connectivity index (χ0v) is 11.2. The van der Waals surface area contributed by atoms with E-state index >= 15 is 0 Å². The van der Waals surface area contributed by atoms with Crippen LogP contribution in [0.25, 0.3) is 0 Å². The van der Waals surface area contributed by atoms with Gasteiger partial charge in [-0.2, -0.15) is 13.2 Å². The zero-order valence-electron chi connectivity index (χ0n) is 11.2. The Labute approximate surface area is 116 Å². The van der Waals surface area contributed by atoms with Gasteiger partial charge in [0.2, 0.25) is 0 Å². The maximum Gasteiger partial charge on any atom is 0.419 e. The predicted molar refractivity (Wildman–Crippen MR) is 69.5 cm³/mol. The molecule has 0 heterocycles. The minimum atomic E-state index is -4.68. The van der Waals surface area contributed by atoms with E-state index < -0.39 is 23.6 Å². The molecule has 1 fully saturated rings. The molecule has 0 aliphatic heterocycles. The highest BCUT2D eigenvalue weighted by molar-refractivity contribution is 5.29. The van der Waals surface area contributed by atoms with Gasteiger partial charge in [-0.1, -0.05) is 38.2 Å². The lowest BCUT2D eigenvalue weighted by molar-refractivity contribution is -0.140. The number of hydrogen-bond donors (Lipinski definition) is 1. The SMILES string of the molecule is NC(CC1CCCCC1)c1ccc(F)c(C(F)(F)F)c1. The molecule has 1 aliphatic rings. The van der Waals surface area contributed by atoms with Gasteiger partial charge in [-0.25, -0.2) is 4.39 Å². The fourth-order valence-corrected chi connectivity index (χ4v) is 2.91. The Morgan fingerprint density at radius 3 is 2.40 bits per heavy atom. The van der Waals surface area contributed by atoms with E-state index in [1.807, 2.05) is 0 Å². The molecule has 0 spiro atoms. The Balaban J connectivity index is 2.11. The second-order valence-corrected chi connectivity index (χ2v) is 5.58. The molecular weight excluding hydrogens is 270 g/mol. The van der Waals surface area contributed by atoms with Crippen molar-refractivity contribution in [1.29, 1.82) is 0 Å². The standard InChI is InChI=1S/C15H19F4N/c16-13-7-6-11(9-12(13)15(17,18)19)14(20)8-10-4-2-1-3-5-10/h6-7,9-10,14H,1-5,8,20H2. The van der Waals surface area contributed by atoms with Crippen LogP contribution in [0.5, 0.6) is 0 Å². The first-order chi connectivity index (χ1) is 9.38. The van der Waals surface area contributed by atoms with Gasteiger partial charge in [-0.15, -0.1) is 0 Å². The van der Waals surface area contributed by atoms with Gasteiger partial charge in [0.15, 0.2) is 0 Å². The molecule has 2 rings (SSSR count). The summed E-state index contributed by atoms with van der Waals surface area (Å²) in [6.45, 7) is 0. The molecule has 1 nitrogen and oxygen atoms in total. The van der Waals surface area contributed by atoms with Crippen molar-refractivity contribution < 1.29 is 17.6 Å². The molecule has 1 aliphatic carbocycles. The molecule has 1 aromatic rings. The van der Waals surface area contributed by atoms with Crippen LogP contribution in [-0.2, 0) is 6.18 Å². The minimum absolute atomic E-state index is 0.365. The van der Waals surface area contributed by atoms with Crippen LogP contribution in [0, 0.1) is 11.7 Å². The quantitative estimate of drug-likeness (QED) is 0.794. The van der Waals surface area contributed by atoms with Crippen LogP contribution in [0.4, 0.5) is 17.6 Å². The average Bonchev–Trinajstić information content (AvgIpc) is 2.39. The van der Waals surface area contributed by atoms with E-state index in [4.69, 9.17) is 5.73 Å². The maximum atomic E-state index is 13.2. The summed E-state index contributed by atoms with van der Waals surface area (Å²) in [5, 5.41) is 0. The molecule has 1 aromatic carbocycles. The lowest BCUT2D eigenvalue weighted by Crippen LogP contribution is -2.18. The summed E-state index contributed by atoms with van der Waals surface area (Å²) in [6.07, 6.45) is 1.71. The van der Waals surface area contributed by atoms with E-state index in [1.165, 1.54) is 12.5 Å². The Kier molecular flexibility index (Phi) is 4.68. The van der Waals surface area contributed by atoms with Gasteiger partial charge in [-0.3, -0.25) is 0 Å². The predicted octanol–water partition coefficient (Wildman–Crippen LogP) is 4.81. The second kappa shape index (κ2) is 6.12. The summed E-state index contributed by atoms with van der Waals surface area (Å²) >= 11 is 0. The van der Waals surface area contributed by atoms with Crippen molar-refractivity contribution in [3.8, 4) is 0 Å². The highest BCUT2D eigenvalue weighted by Crippen LogP contribution is 2.35. The molecule has 0 bridgehead atoms. The summed E-state index contributed by atoms with van der Waals surface area (Å²) < 4.78 is 51.2. The van der Waals surface area contributed by atoms with Crippen molar-refractivity contribution in [3.05, 3.63) is 35.1 Å². The molecule has 2 N–H and O–H groups in total. The molecular formula is C15H19F4N. The molecule has 0 radical (unpaired) electrons. The number of hydrogen-bond acceptors (Lipinski definition) is 1. The summed E-state index contributed by atoms with van der Waals surface area (Å²) in [5.41, 5.74) is 5.14. The van der Waals surface area contributed by atoms with Crippen molar-refractivity contribution in [1.82, 2.24) is 0 Å². The van der Waals surface area contributed by atoms with Crippen molar-refractivity contribution in [2.24, 2.45) is 11.7 Å². The van der Waals surface area contributed by atoms with Crippen molar-refractivity contribution in [2.75, 3.05) is 0 Å². The Hall–Kier alpha value is -1.10. The average molecular weight is 289 g/mol. The van der Waals surface area contributed by atoms with Crippen LogP contribution in [0.15, 0.2) is 18.2 Å². The lowest BCUT2D eigenvalue weighted by Gasteiger charge is -2.25. The molecule has 20 heavy (non-hydrogen) atoms. The van der Waals surface area contributed by atoms with Gasteiger partial charge in [0, 0.05) is 6.04 Å². The molecule has 1 unspecified atom stereocenters. The van der Waals surface area contributed by atoms with Gasteiger partial charge in [0.1, 0.15) is 5.82 Å². The van der Waals surface area contributed by atoms with Gasteiger partial charge < -0.3 is 5.73 Å². The monoisotopic (exact) mass is 289 g/mol. The zero-order chi connectivity index (χ0) is 14.8. The largest absolute Gasteiger partial charge is 0.419 e. The van der Waals surface area contributed by atoms with Crippen LogP contribution < -0.4 is 5.73 Å². The molecule has 0 amide bonds. The molecule has 112 valence electrons. The molecule has 1 atom stereocenters. The van der Waals surface area contributed by atoms with Crippen molar-refractivity contribution in [2.45, 2.75) is 50.7 Å². The Morgan fingerprint density at radius 1 is 1.15 bits per heavy atom. The molecule has 1 saturated carbocycles. The second-order valence-electron chi connectivity index (χ2n) is 5.58. The normalized spacial score (nSPS) is 19.1. The van der Waals surface area contributed by atoms with Crippen molar-refractivity contribution >= 4 is 0 Å². The van der Waals surface area contributed by atoms with Crippen LogP contribution in [0.3, 0.4) is 0 Å². The summed E-state index contributed by atoms with van der Waals surface area (Å²) in [5.74, 6) is -0.774. The number of nitrogens with two attached hydrogens (primary N) is 1. The minimum Gasteiger partial charge on any atom is -0.324 e. The number of rotatable bonds is 3. The van der Waals surface area contributed by atoms with E-state index in [9.17, 15) is 17.6 Å². The number of halogens is 4. The molecule has 5 heteroatoms. The fraction of sp³-hybridized carbons (Fsp3) is 0.600. The topological polar surface area (TPSA) is 26.0 Å². The Bertz CT molecular complexity index is 450. The third kappa shape index (κ3) is 3.72. The number of benzene rings is 1. The van der Waals surface area contributed by atoms with Gasteiger partial charge in [0.25, 0.3) is 0 Å². The van der Waals surface area contributed by atoms with Gasteiger partial charge in [0.05, 0.1) is 5.56 Å². The van der Waals surface area contributed by atoms with Gasteiger partial charge >= 0.3 is 6.18 Å². The molecule has 0 aromatic heterocycles. The first-order valence-corrected chi connectivity index (χ1v) is 7.00. The first kappa shape index (κ1) is 15.3. The van der Waals surface area contributed by atoms with Crippen molar-refractivity contribution in [3.63, 3.8) is 0 Å². The first-order valence-electron chi connectivity index (χ1n) is 7.00. The maximum absolute atomic E-state index is 13.2. The highest BCUT2D eigenvalue weighted by atomic mass is 19.4. The van der Waals surface area contributed by atoms with E-state index in [-0.39, 0.29) is 0 Å². The fourth-order valence-electron chi connectivity index (χ4n) is 2.91. The summed E-state index contributed by atoms with van der Waals surface area (Å²) in [6, 6.07) is 2.61. The lowest BCUT2D eigenvalue weighted by atomic mass is 9.83. The Morgan fingerprint density at radius 2 is 1.80 bits per heavy atom. The van der Waals surface area contributed by atoms with Crippen LogP contribution >= 0.6 is 0 Å². The van der Waals surface area contributed by atoms with E-state index in [0.29, 0.717) is 17.9 Å². The van der Waals surface area contributed by atoms with E-state index in [2.05, 4.69) is 0 Å². The van der Waals surface area contributed by atoms with Crippen LogP contribution in [-0.4, -0.2) is 0 Å². The summed E-state index contributed by atoms with van der Waals surface area (Å²) in [4.78, 5) is 0.